The van der Waals surface area contributed by atoms with E-state index in [-0.39, 0.29) is 6.04 Å². The van der Waals surface area contributed by atoms with Gasteiger partial charge in [0.1, 0.15) is 0 Å². The molecule has 0 aliphatic heterocycles. The highest BCUT2D eigenvalue weighted by atomic mass is 79.9. The molecule has 88 valence electrons. The number of benzene rings is 1. The van der Waals surface area contributed by atoms with E-state index in [1.807, 2.05) is 12.1 Å². The average molecular weight is 304 g/mol. The van der Waals surface area contributed by atoms with Crippen molar-refractivity contribution in [2.45, 2.75) is 25.3 Å². The Bertz CT molecular complexity index is 499. The standard InChI is InChI=1S/C11H14BrNO2S/c1-16(14,15)13-9-6-5-8-3-2-4-11(12)10(8)7-9/h2-4,9,13H,5-7H2,1H3. The van der Waals surface area contributed by atoms with Gasteiger partial charge in [-0.1, -0.05) is 28.1 Å². The average Bonchev–Trinajstić information content (AvgIpc) is 2.17. The van der Waals surface area contributed by atoms with Crippen molar-refractivity contribution in [1.29, 1.82) is 0 Å². The minimum atomic E-state index is -3.10. The summed E-state index contributed by atoms with van der Waals surface area (Å²) in [7, 11) is -3.10. The van der Waals surface area contributed by atoms with Gasteiger partial charge in [0.05, 0.1) is 6.26 Å². The lowest BCUT2D eigenvalue weighted by Gasteiger charge is -2.25. The van der Waals surface area contributed by atoms with Crippen molar-refractivity contribution >= 4 is 26.0 Å². The van der Waals surface area contributed by atoms with Crippen LogP contribution in [0, 0.1) is 0 Å². The molecule has 0 aromatic heterocycles. The summed E-state index contributed by atoms with van der Waals surface area (Å²) in [5, 5.41) is 0. The Morgan fingerprint density at radius 1 is 1.44 bits per heavy atom. The van der Waals surface area contributed by atoms with Crippen molar-refractivity contribution in [3.63, 3.8) is 0 Å². The molecule has 1 unspecified atom stereocenters. The number of hydrogen-bond donors (Lipinski definition) is 1. The molecule has 16 heavy (non-hydrogen) atoms. The minimum absolute atomic E-state index is 0.0289. The van der Waals surface area contributed by atoms with Gasteiger partial charge in [0.2, 0.25) is 10.0 Å². The Kier molecular flexibility index (Phi) is 3.37. The smallest absolute Gasteiger partial charge is 0.208 e. The molecule has 5 heteroatoms. The SMILES string of the molecule is CS(=O)(=O)NC1CCc2cccc(Br)c2C1. The van der Waals surface area contributed by atoms with E-state index in [1.54, 1.807) is 0 Å². The molecule has 2 rings (SSSR count). The first-order valence-corrected chi connectivity index (χ1v) is 7.88. The molecule has 1 aliphatic carbocycles. The highest BCUT2D eigenvalue weighted by Gasteiger charge is 2.22. The third-order valence-corrected chi connectivity index (χ3v) is 4.31. The highest BCUT2D eigenvalue weighted by molar-refractivity contribution is 9.10. The maximum Gasteiger partial charge on any atom is 0.208 e. The zero-order valence-corrected chi connectivity index (χ0v) is 11.4. The van der Waals surface area contributed by atoms with Crippen LogP contribution in [0.1, 0.15) is 17.5 Å². The van der Waals surface area contributed by atoms with Crippen LogP contribution in [0.4, 0.5) is 0 Å². The largest absolute Gasteiger partial charge is 0.213 e. The third kappa shape index (κ3) is 2.84. The Hall–Kier alpha value is -0.390. The van der Waals surface area contributed by atoms with Gasteiger partial charge in [-0.25, -0.2) is 13.1 Å². The zero-order valence-electron chi connectivity index (χ0n) is 9.03. The van der Waals surface area contributed by atoms with Gasteiger partial charge in [0.25, 0.3) is 0 Å². The molecule has 0 radical (unpaired) electrons. The second-order valence-electron chi connectivity index (χ2n) is 4.21. The van der Waals surface area contributed by atoms with Crippen molar-refractivity contribution in [3.8, 4) is 0 Å². The normalized spacial score (nSPS) is 20.5. The van der Waals surface area contributed by atoms with Crippen LogP contribution in [-0.2, 0) is 22.9 Å². The first kappa shape index (κ1) is 12.1. The lowest BCUT2D eigenvalue weighted by Crippen LogP contribution is -2.38. The van der Waals surface area contributed by atoms with Crippen LogP contribution in [0.5, 0.6) is 0 Å². The van der Waals surface area contributed by atoms with Gasteiger partial charge in [-0.2, -0.15) is 0 Å². The number of nitrogens with one attached hydrogen (secondary N) is 1. The first-order chi connectivity index (χ1) is 7.46. The third-order valence-electron chi connectivity index (χ3n) is 2.81. The maximum absolute atomic E-state index is 11.2. The fourth-order valence-electron chi connectivity index (χ4n) is 2.15. The summed E-state index contributed by atoms with van der Waals surface area (Å²) in [4.78, 5) is 0. The van der Waals surface area contributed by atoms with Gasteiger partial charge >= 0.3 is 0 Å². The molecule has 0 spiro atoms. The zero-order chi connectivity index (χ0) is 11.8. The van der Waals surface area contributed by atoms with E-state index in [9.17, 15) is 8.42 Å². The van der Waals surface area contributed by atoms with Gasteiger partial charge < -0.3 is 0 Å². The number of aryl methyl sites for hydroxylation is 1. The minimum Gasteiger partial charge on any atom is -0.213 e. The molecule has 0 amide bonds. The molecule has 1 N–H and O–H groups in total. The van der Waals surface area contributed by atoms with Crippen LogP contribution in [0.2, 0.25) is 0 Å². The van der Waals surface area contributed by atoms with Gasteiger partial charge in [-0.3, -0.25) is 0 Å². The van der Waals surface area contributed by atoms with E-state index in [0.717, 1.165) is 23.7 Å². The Labute approximate surface area is 104 Å². The predicted octanol–water partition coefficient (Wildman–Crippen LogP) is 1.86. The van der Waals surface area contributed by atoms with Crippen molar-refractivity contribution in [2.75, 3.05) is 6.26 Å². The van der Waals surface area contributed by atoms with E-state index >= 15 is 0 Å². The van der Waals surface area contributed by atoms with E-state index < -0.39 is 10.0 Å². The molecule has 0 saturated heterocycles. The van der Waals surface area contributed by atoms with E-state index in [1.165, 1.54) is 17.4 Å². The summed E-state index contributed by atoms with van der Waals surface area (Å²) >= 11 is 3.51. The number of hydrogen-bond acceptors (Lipinski definition) is 2. The van der Waals surface area contributed by atoms with Gasteiger partial charge in [-0.15, -0.1) is 0 Å². The molecule has 1 aliphatic rings. The molecule has 0 saturated carbocycles. The van der Waals surface area contributed by atoms with Gasteiger partial charge in [0, 0.05) is 10.5 Å². The number of fused-ring (bicyclic) bond motifs is 1. The van der Waals surface area contributed by atoms with E-state index in [2.05, 4.69) is 26.7 Å². The molecule has 1 atom stereocenters. The number of halogens is 1. The van der Waals surface area contributed by atoms with Crippen LogP contribution in [0.3, 0.4) is 0 Å². The summed E-state index contributed by atoms with van der Waals surface area (Å²) in [5.41, 5.74) is 2.55. The molecular weight excluding hydrogens is 290 g/mol. The van der Waals surface area contributed by atoms with Crippen LogP contribution >= 0.6 is 15.9 Å². The summed E-state index contributed by atoms with van der Waals surface area (Å²) in [5.74, 6) is 0. The predicted molar refractivity (Wildman–Crippen MR) is 67.9 cm³/mol. The lowest BCUT2D eigenvalue weighted by molar-refractivity contribution is 0.510. The summed E-state index contributed by atoms with van der Waals surface area (Å²) < 4.78 is 26.1. The van der Waals surface area contributed by atoms with Crippen molar-refractivity contribution in [1.82, 2.24) is 4.72 Å². The molecular formula is C11H14BrNO2S. The molecule has 0 fully saturated rings. The van der Waals surface area contributed by atoms with Crippen molar-refractivity contribution in [3.05, 3.63) is 33.8 Å². The summed E-state index contributed by atoms with van der Waals surface area (Å²) in [6.07, 6.45) is 3.78. The molecule has 0 bridgehead atoms. The van der Waals surface area contributed by atoms with Crippen LogP contribution in [-0.4, -0.2) is 20.7 Å². The highest BCUT2D eigenvalue weighted by Crippen LogP contribution is 2.28. The molecule has 3 nitrogen and oxygen atoms in total. The fraction of sp³-hybridized carbons (Fsp3) is 0.455. The maximum atomic E-state index is 11.2. The second kappa shape index (κ2) is 4.47. The quantitative estimate of drug-likeness (QED) is 0.906. The number of sulfonamides is 1. The fourth-order valence-corrected chi connectivity index (χ4v) is 3.52. The Morgan fingerprint density at radius 3 is 2.88 bits per heavy atom. The first-order valence-electron chi connectivity index (χ1n) is 5.19. The van der Waals surface area contributed by atoms with Crippen LogP contribution in [0.15, 0.2) is 22.7 Å². The monoisotopic (exact) mass is 303 g/mol. The molecule has 0 heterocycles. The summed E-state index contributed by atoms with van der Waals surface area (Å²) in [6.45, 7) is 0. The topological polar surface area (TPSA) is 46.2 Å². The van der Waals surface area contributed by atoms with Crippen molar-refractivity contribution < 1.29 is 8.42 Å². The van der Waals surface area contributed by atoms with Crippen LogP contribution < -0.4 is 4.72 Å². The van der Waals surface area contributed by atoms with Crippen LogP contribution in [0.25, 0.3) is 0 Å². The molecule has 1 aromatic carbocycles. The number of rotatable bonds is 2. The van der Waals surface area contributed by atoms with Gasteiger partial charge in [0.15, 0.2) is 0 Å². The van der Waals surface area contributed by atoms with Crippen molar-refractivity contribution in [2.24, 2.45) is 0 Å². The molecule has 1 aromatic rings. The van der Waals surface area contributed by atoms with E-state index in [0.29, 0.717) is 0 Å². The Balaban J connectivity index is 2.20. The Morgan fingerprint density at radius 2 is 2.19 bits per heavy atom. The second-order valence-corrected chi connectivity index (χ2v) is 6.84. The lowest BCUT2D eigenvalue weighted by atomic mass is 9.89. The van der Waals surface area contributed by atoms with E-state index in [4.69, 9.17) is 0 Å². The summed E-state index contributed by atoms with van der Waals surface area (Å²) in [6, 6.07) is 6.16. The van der Waals surface area contributed by atoms with Gasteiger partial charge in [-0.05, 0) is 36.5 Å².